The molecule has 1 atom stereocenters. The molecule has 0 N–H and O–H groups in total. The molecule has 1 aromatic carbocycles. The molecule has 1 aromatic rings. The highest BCUT2D eigenvalue weighted by Crippen LogP contribution is 2.34. The van der Waals surface area contributed by atoms with Gasteiger partial charge in [-0.05, 0) is 37.0 Å². The Labute approximate surface area is 163 Å². The second-order valence-corrected chi connectivity index (χ2v) is 7.39. The van der Waals surface area contributed by atoms with Crippen molar-refractivity contribution < 1.29 is 28.6 Å². The maximum absolute atomic E-state index is 13.1. The zero-order chi connectivity index (χ0) is 19.7. The van der Waals surface area contributed by atoms with Crippen molar-refractivity contribution in [2.45, 2.75) is 38.3 Å². The molecule has 150 valence electrons. The molecular formula is C20H24N2O6. The molecular weight excluding hydrogens is 364 g/mol. The number of benzene rings is 1. The summed E-state index contributed by atoms with van der Waals surface area (Å²) in [5.41, 5.74) is 0.904. The number of amides is 2. The van der Waals surface area contributed by atoms with Crippen molar-refractivity contribution in [2.24, 2.45) is 5.92 Å². The van der Waals surface area contributed by atoms with Gasteiger partial charge in [-0.1, -0.05) is 6.07 Å². The SMILES string of the molecule is COC(=O)C1CCN(C(=O)C2CCC(=O)N2Cc2ccc3c(c2)OCO3)CC1. The molecule has 28 heavy (non-hydrogen) atoms. The van der Waals surface area contributed by atoms with Crippen LogP contribution in [0.2, 0.25) is 0 Å². The molecule has 4 rings (SSSR count). The molecule has 0 spiro atoms. The predicted octanol–water partition coefficient (Wildman–Crippen LogP) is 1.32. The van der Waals surface area contributed by atoms with Crippen LogP contribution >= 0.6 is 0 Å². The zero-order valence-electron chi connectivity index (χ0n) is 15.9. The van der Waals surface area contributed by atoms with E-state index in [9.17, 15) is 14.4 Å². The molecule has 8 nitrogen and oxygen atoms in total. The number of likely N-dealkylation sites (tertiary alicyclic amines) is 2. The second-order valence-electron chi connectivity index (χ2n) is 7.39. The Balaban J connectivity index is 1.41. The van der Waals surface area contributed by atoms with Crippen molar-refractivity contribution in [3.8, 4) is 11.5 Å². The number of hydrogen-bond donors (Lipinski definition) is 0. The number of rotatable bonds is 4. The fraction of sp³-hybridized carbons (Fsp3) is 0.550. The molecule has 3 heterocycles. The summed E-state index contributed by atoms with van der Waals surface area (Å²) in [5.74, 6) is 0.946. The molecule has 0 radical (unpaired) electrons. The van der Waals surface area contributed by atoms with Crippen LogP contribution in [-0.4, -0.2) is 60.6 Å². The first-order chi connectivity index (χ1) is 13.6. The Kier molecular flexibility index (Phi) is 5.11. The standard InChI is InChI=1S/C20H24N2O6/c1-26-20(25)14-6-8-21(9-7-14)19(24)15-3-5-18(23)22(15)11-13-2-4-16-17(10-13)28-12-27-16/h2,4,10,14-15H,3,5-9,11-12H2,1H3. The van der Waals surface area contributed by atoms with E-state index in [1.54, 1.807) is 9.80 Å². The van der Waals surface area contributed by atoms with E-state index in [-0.39, 0.29) is 30.5 Å². The Morgan fingerprint density at radius 1 is 1.14 bits per heavy atom. The maximum Gasteiger partial charge on any atom is 0.308 e. The summed E-state index contributed by atoms with van der Waals surface area (Å²) < 4.78 is 15.5. The minimum Gasteiger partial charge on any atom is -0.469 e. The lowest BCUT2D eigenvalue weighted by Crippen LogP contribution is -2.49. The van der Waals surface area contributed by atoms with Gasteiger partial charge in [-0.3, -0.25) is 14.4 Å². The van der Waals surface area contributed by atoms with E-state index in [0.717, 1.165) is 5.56 Å². The third-order valence-electron chi connectivity index (χ3n) is 5.74. The number of carbonyl (C=O) groups is 3. The van der Waals surface area contributed by atoms with E-state index in [1.807, 2.05) is 18.2 Å². The molecule has 0 bridgehead atoms. The van der Waals surface area contributed by atoms with Crippen molar-refractivity contribution in [1.82, 2.24) is 9.80 Å². The zero-order valence-corrected chi connectivity index (χ0v) is 15.9. The normalized spacial score (nSPS) is 21.9. The van der Waals surface area contributed by atoms with Crippen LogP contribution in [-0.2, 0) is 25.7 Å². The average Bonchev–Trinajstić information content (AvgIpc) is 3.33. The summed E-state index contributed by atoms with van der Waals surface area (Å²) in [4.78, 5) is 40.6. The lowest BCUT2D eigenvalue weighted by atomic mass is 9.96. The minimum atomic E-state index is -0.451. The molecule has 0 aromatic heterocycles. The van der Waals surface area contributed by atoms with Gasteiger partial charge >= 0.3 is 5.97 Å². The van der Waals surface area contributed by atoms with Crippen molar-refractivity contribution >= 4 is 17.8 Å². The van der Waals surface area contributed by atoms with Gasteiger partial charge in [0.05, 0.1) is 13.0 Å². The van der Waals surface area contributed by atoms with Crippen LogP contribution in [0.1, 0.15) is 31.2 Å². The quantitative estimate of drug-likeness (QED) is 0.723. The van der Waals surface area contributed by atoms with Crippen LogP contribution in [0.15, 0.2) is 18.2 Å². The first-order valence-corrected chi connectivity index (χ1v) is 9.61. The molecule has 0 aliphatic carbocycles. The topological polar surface area (TPSA) is 85.4 Å². The minimum absolute atomic E-state index is 0.0135. The highest BCUT2D eigenvalue weighted by molar-refractivity contribution is 5.91. The number of nitrogens with zero attached hydrogens (tertiary/aromatic N) is 2. The van der Waals surface area contributed by atoms with Gasteiger partial charge < -0.3 is 24.0 Å². The van der Waals surface area contributed by atoms with Gasteiger partial charge in [-0.25, -0.2) is 0 Å². The van der Waals surface area contributed by atoms with E-state index >= 15 is 0 Å². The lowest BCUT2D eigenvalue weighted by Gasteiger charge is -2.34. The van der Waals surface area contributed by atoms with Gasteiger partial charge in [0.25, 0.3) is 0 Å². The molecule has 0 saturated carbocycles. The number of methoxy groups -OCH3 is 1. The summed E-state index contributed by atoms with van der Waals surface area (Å²) in [7, 11) is 1.39. The molecule has 2 saturated heterocycles. The summed E-state index contributed by atoms with van der Waals surface area (Å²) in [5, 5.41) is 0. The van der Waals surface area contributed by atoms with Crippen LogP contribution in [0.4, 0.5) is 0 Å². The average molecular weight is 388 g/mol. The molecule has 2 amide bonds. The third-order valence-corrected chi connectivity index (χ3v) is 5.74. The van der Waals surface area contributed by atoms with E-state index < -0.39 is 6.04 Å². The summed E-state index contributed by atoms with van der Waals surface area (Å²) in [6.45, 7) is 1.59. The fourth-order valence-corrected chi connectivity index (χ4v) is 4.14. The highest BCUT2D eigenvalue weighted by atomic mass is 16.7. The Hall–Kier alpha value is -2.77. The Morgan fingerprint density at radius 3 is 2.64 bits per heavy atom. The number of fused-ring (bicyclic) bond motifs is 1. The maximum atomic E-state index is 13.1. The first-order valence-electron chi connectivity index (χ1n) is 9.61. The van der Waals surface area contributed by atoms with Crippen LogP contribution in [0, 0.1) is 5.92 Å². The molecule has 1 unspecified atom stereocenters. The van der Waals surface area contributed by atoms with E-state index in [4.69, 9.17) is 14.2 Å². The monoisotopic (exact) mass is 388 g/mol. The number of ether oxygens (including phenoxy) is 3. The second kappa shape index (κ2) is 7.69. The number of hydrogen-bond acceptors (Lipinski definition) is 6. The molecule has 3 aliphatic rings. The van der Waals surface area contributed by atoms with Crippen LogP contribution in [0.3, 0.4) is 0 Å². The van der Waals surface area contributed by atoms with Gasteiger partial charge in [-0.2, -0.15) is 0 Å². The number of esters is 1. The predicted molar refractivity (Wildman–Crippen MR) is 97.5 cm³/mol. The van der Waals surface area contributed by atoms with Crippen molar-refractivity contribution in [3.05, 3.63) is 23.8 Å². The number of piperidine rings is 1. The highest BCUT2D eigenvalue weighted by Gasteiger charge is 2.39. The van der Waals surface area contributed by atoms with Crippen LogP contribution in [0.5, 0.6) is 11.5 Å². The fourth-order valence-electron chi connectivity index (χ4n) is 4.14. The molecule has 2 fully saturated rings. The van der Waals surface area contributed by atoms with Crippen LogP contribution < -0.4 is 9.47 Å². The van der Waals surface area contributed by atoms with E-state index in [0.29, 0.717) is 56.8 Å². The molecule has 8 heteroatoms. The Bertz CT molecular complexity index is 787. The summed E-state index contributed by atoms with van der Waals surface area (Å²) in [6, 6.07) is 5.12. The number of carbonyl (C=O) groups excluding carboxylic acids is 3. The van der Waals surface area contributed by atoms with Crippen molar-refractivity contribution in [3.63, 3.8) is 0 Å². The summed E-state index contributed by atoms with van der Waals surface area (Å²) >= 11 is 0. The van der Waals surface area contributed by atoms with Gasteiger partial charge in [-0.15, -0.1) is 0 Å². The van der Waals surface area contributed by atoms with Gasteiger partial charge in [0.2, 0.25) is 18.6 Å². The van der Waals surface area contributed by atoms with Gasteiger partial charge in [0.1, 0.15) is 6.04 Å². The molecule has 3 aliphatic heterocycles. The first kappa shape index (κ1) is 18.6. The lowest BCUT2D eigenvalue weighted by molar-refractivity contribution is -0.150. The van der Waals surface area contributed by atoms with Crippen molar-refractivity contribution in [1.29, 1.82) is 0 Å². The largest absolute Gasteiger partial charge is 0.469 e. The smallest absolute Gasteiger partial charge is 0.308 e. The van der Waals surface area contributed by atoms with Gasteiger partial charge in [0.15, 0.2) is 11.5 Å². The van der Waals surface area contributed by atoms with Gasteiger partial charge in [0, 0.05) is 26.1 Å². The van der Waals surface area contributed by atoms with E-state index in [2.05, 4.69) is 0 Å². The van der Waals surface area contributed by atoms with Crippen molar-refractivity contribution in [2.75, 3.05) is 27.0 Å². The summed E-state index contributed by atoms with van der Waals surface area (Å²) in [6.07, 6.45) is 2.10. The Morgan fingerprint density at radius 2 is 1.89 bits per heavy atom. The van der Waals surface area contributed by atoms with Crippen LogP contribution in [0.25, 0.3) is 0 Å². The van der Waals surface area contributed by atoms with E-state index in [1.165, 1.54) is 7.11 Å². The third kappa shape index (κ3) is 3.50.